The quantitative estimate of drug-likeness (QED) is 0.480. The molecule has 2 N–H and O–H groups in total. The summed E-state index contributed by atoms with van der Waals surface area (Å²) >= 11 is 6.30. The lowest BCUT2D eigenvalue weighted by atomic mass is 10.1. The van der Waals surface area contributed by atoms with Gasteiger partial charge in [0.15, 0.2) is 5.82 Å². The summed E-state index contributed by atoms with van der Waals surface area (Å²) in [6.45, 7) is 3.15. The number of carbonyl (C=O) groups excluding carboxylic acids is 1. The molecule has 0 unspecified atom stereocenters. The third kappa shape index (κ3) is 5.76. The first-order valence-corrected chi connectivity index (χ1v) is 13.1. The zero-order valence-corrected chi connectivity index (χ0v) is 21.8. The summed E-state index contributed by atoms with van der Waals surface area (Å²) in [6.07, 6.45) is 1.42. The predicted molar refractivity (Wildman–Crippen MR) is 141 cm³/mol. The maximum absolute atomic E-state index is 12.8. The van der Waals surface area contributed by atoms with E-state index in [9.17, 15) is 13.2 Å². The number of rotatable bonds is 7. The number of amides is 1. The fraction of sp³-hybridized carbons (Fsp3) is 0.292. The highest BCUT2D eigenvalue weighted by Gasteiger charge is 2.22. The Balaban J connectivity index is 1.50. The third-order valence-corrected chi connectivity index (χ3v) is 7.97. The Hall–Kier alpha value is -3.25. The van der Waals surface area contributed by atoms with Gasteiger partial charge in [-0.3, -0.25) is 4.79 Å². The molecule has 36 heavy (non-hydrogen) atoms. The van der Waals surface area contributed by atoms with Crippen LogP contribution in [0.2, 0.25) is 5.02 Å². The first kappa shape index (κ1) is 25.8. The van der Waals surface area contributed by atoms with Gasteiger partial charge in [0.2, 0.25) is 16.0 Å². The summed E-state index contributed by atoms with van der Waals surface area (Å²) in [5.41, 5.74) is 1.64. The van der Waals surface area contributed by atoms with E-state index >= 15 is 0 Å². The molecule has 0 spiro atoms. The van der Waals surface area contributed by atoms with Crippen LogP contribution in [0.5, 0.6) is 0 Å². The van der Waals surface area contributed by atoms with Gasteiger partial charge in [0.1, 0.15) is 9.92 Å². The average molecular weight is 530 g/mol. The minimum Gasteiger partial charge on any atom is -0.338 e. The number of nitrogens with one attached hydrogen (secondary N) is 2. The molecule has 1 aliphatic heterocycles. The number of sulfonamides is 1. The predicted octanol–water partition coefficient (Wildman–Crippen LogP) is 3.26. The van der Waals surface area contributed by atoms with E-state index in [1.807, 2.05) is 11.9 Å². The van der Waals surface area contributed by atoms with Gasteiger partial charge in [-0.25, -0.2) is 17.7 Å². The fourth-order valence-electron chi connectivity index (χ4n) is 3.65. The molecular weight excluding hydrogens is 502 g/mol. The van der Waals surface area contributed by atoms with Crippen molar-refractivity contribution >= 4 is 50.7 Å². The second-order valence-electron chi connectivity index (χ2n) is 8.60. The van der Waals surface area contributed by atoms with E-state index in [1.165, 1.54) is 26.4 Å². The highest BCUT2D eigenvalue weighted by Crippen LogP contribution is 2.29. The van der Waals surface area contributed by atoms with Crippen LogP contribution in [0.3, 0.4) is 0 Å². The molecule has 2 heterocycles. The van der Waals surface area contributed by atoms with Crippen molar-refractivity contribution < 1.29 is 13.2 Å². The first-order valence-electron chi connectivity index (χ1n) is 11.3. The number of likely N-dealkylation sites (N-methyl/N-ethyl adjacent to an activating group) is 1. The van der Waals surface area contributed by atoms with Gasteiger partial charge in [0, 0.05) is 51.5 Å². The second kappa shape index (κ2) is 10.8. The molecule has 1 aliphatic rings. The maximum atomic E-state index is 12.8. The number of anilines is 4. The van der Waals surface area contributed by atoms with Gasteiger partial charge in [0.05, 0.1) is 11.9 Å². The molecule has 12 heteroatoms. The van der Waals surface area contributed by atoms with E-state index in [1.54, 1.807) is 42.5 Å². The molecule has 3 aromatic rings. The number of hydrogen-bond donors (Lipinski definition) is 2. The minimum absolute atomic E-state index is 0.00946. The number of para-hydroxylation sites is 1. The van der Waals surface area contributed by atoms with Crippen LogP contribution in [-0.2, 0) is 10.0 Å². The van der Waals surface area contributed by atoms with E-state index in [2.05, 4.69) is 25.5 Å². The van der Waals surface area contributed by atoms with Crippen LogP contribution < -0.4 is 10.6 Å². The average Bonchev–Trinajstić information content (AvgIpc) is 2.87. The Morgan fingerprint density at radius 3 is 2.33 bits per heavy atom. The zero-order valence-electron chi connectivity index (χ0n) is 20.3. The number of benzene rings is 2. The molecule has 2 aromatic carbocycles. The summed E-state index contributed by atoms with van der Waals surface area (Å²) in [5.74, 6) is 0.514. The summed E-state index contributed by atoms with van der Waals surface area (Å²) < 4.78 is 26.6. The van der Waals surface area contributed by atoms with Gasteiger partial charge in [0.25, 0.3) is 5.91 Å². The summed E-state index contributed by atoms with van der Waals surface area (Å²) in [4.78, 5) is 25.5. The van der Waals surface area contributed by atoms with Gasteiger partial charge in [-0.15, -0.1) is 0 Å². The van der Waals surface area contributed by atoms with Crippen LogP contribution >= 0.6 is 11.6 Å². The molecule has 1 aromatic heterocycles. The van der Waals surface area contributed by atoms with Crippen molar-refractivity contribution in [3.8, 4) is 0 Å². The monoisotopic (exact) mass is 529 g/mol. The summed E-state index contributed by atoms with van der Waals surface area (Å²) in [6, 6.07) is 13.6. The van der Waals surface area contributed by atoms with Gasteiger partial charge >= 0.3 is 0 Å². The van der Waals surface area contributed by atoms with Crippen LogP contribution in [0.4, 0.5) is 23.1 Å². The molecule has 1 fully saturated rings. The molecule has 0 saturated carbocycles. The first-order chi connectivity index (χ1) is 17.1. The third-order valence-electron chi connectivity index (χ3n) is 5.82. The normalized spacial score (nSPS) is 14.6. The van der Waals surface area contributed by atoms with Gasteiger partial charge in [-0.05, 0) is 43.4 Å². The van der Waals surface area contributed by atoms with Gasteiger partial charge in [-0.1, -0.05) is 23.7 Å². The molecule has 4 rings (SSSR count). The molecule has 0 atom stereocenters. The Labute approximate surface area is 216 Å². The number of hydrogen-bond acceptors (Lipinski definition) is 8. The highest BCUT2D eigenvalue weighted by molar-refractivity contribution is 7.89. The molecule has 190 valence electrons. The lowest BCUT2D eigenvalue weighted by molar-refractivity contribution is 0.0664. The number of carbonyl (C=O) groups is 1. The van der Waals surface area contributed by atoms with E-state index < -0.39 is 10.0 Å². The van der Waals surface area contributed by atoms with Crippen molar-refractivity contribution in [2.24, 2.45) is 0 Å². The van der Waals surface area contributed by atoms with Crippen molar-refractivity contribution in [2.45, 2.75) is 4.90 Å². The molecule has 0 aliphatic carbocycles. The topological polar surface area (TPSA) is 111 Å². The SMILES string of the molecule is CN1CCN(C(=O)c2ccc(Nc3ncc(Cl)c(Nc4ccccc4S(=O)(=O)N(C)C)n3)cc2)CC1. The van der Waals surface area contributed by atoms with Crippen molar-refractivity contribution in [2.75, 3.05) is 58.0 Å². The number of piperazine rings is 1. The van der Waals surface area contributed by atoms with E-state index in [-0.39, 0.29) is 27.6 Å². The Morgan fingerprint density at radius 2 is 1.67 bits per heavy atom. The van der Waals surface area contributed by atoms with Crippen molar-refractivity contribution in [3.05, 3.63) is 65.3 Å². The van der Waals surface area contributed by atoms with Crippen molar-refractivity contribution in [3.63, 3.8) is 0 Å². The molecule has 0 radical (unpaired) electrons. The number of aromatic nitrogens is 2. The number of halogens is 1. The smallest absolute Gasteiger partial charge is 0.253 e. The van der Waals surface area contributed by atoms with Crippen LogP contribution in [-0.4, -0.2) is 85.7 Å². The molecule has 10 nitrogen and oxygen atoms in total. The second-order valence-corrected chi connectivity index (χ2v) is 11.1. The van der Waals surface area contributed by atoms with Crippen LogP contribution in [0, 0.1) is 0 Å². The standard InChI is InChI=1S/C24H28ClN7O3S/c1-30(2)36(34,35)21-7-5-4-6-20(21)28-22-19(25)16-26-24(29-22)27-18-10-8-17(9-11-18)23(33)32-14-12-31(3)13-15-32/h4-11,16H,12-15H2,1-3H3,(H2,26,27,28,29). The van der Waals surface area contributed by atoms with Crippen molar-refractivity contribution in [1.29, 1.82) is 0 Å². The maximum Gasteiger partial charge on any atom is 0.253 e. The molecular formula is C24H28ClN7O3S. The molecule has 1 amide bonds. The van der Waals surface area contributed by atoms with Gasteiger partial charge < -0.3 is 20.4 Å². The summed E-state index contributed by atoms with van der Waals surface area (Å²) in [5, 5.41) is 6.33. The van der Waals surface area contributed by atoms with Crippen LogP contribution in [0.1, 0.15) is 10.4 Å². The Morgan fingerprint density at radius 1 is 1.00 bits per heavy atom. The minimum atomic E-state index is -3.69. The van der Waals surface area contributed by atoms with Gasteiger partial charge in [-0.2, -0.15) is 4.98 Å². The highest BCUT2D eigenvalue weighted by atomic mass is 35.5. The zero-order chi connectivity index (χ0) is 25.9. The molecule has 1 saturated heterocycles. The van der Waals surface area contributed by atoms with Crippen LogP contribution in [0.15, 0.2) is 59.6 Å². The number of nitrogens with zero attached hydrogens (tertiary/aromatic N) is 5. The lowest BCUT2D eigenvalue weighted by Crippen LogP contribution is -2.47. The Bertz CT molecular complexity index is 1340. The molecule has 0 bridgehead atoms. The van der Waals surface area contributed by atoms with E-state index in [0.717, 1.165) is 17.4 Å². The largest absolute Gasteiger partial charge is 0.338 e. The van der Waals surface area contributed by atoms with Crippen LogP contribution in [0.25, 0.3) is 0 Å². The summed E-state index contributed by atoms with van der Waals surface area (Å²) in [7, 11) is 1.30. The van der Waals surface area contributed by atoms with E-state index in [4.69, 9.17) is 11.6 Å². The fourth-order valence-corrected chi connectivity index (χ4v) is 4.83. The lowest BCUT2D eigenvalue weighted by Gasteiger charge is -2.32. The van der Waals surface area contributed by atoms with E-state index in [0.29, 0.717) is 30.0 Å². The Kier molecular flexibility index (Phi) is 7.74. The van der Waals surface area contributed by atoms with Crippen molar-refractivity contribution in [1.82, 2.24) is 24.1 Å².